The minimum Gasteiger partial charge on any atom is -0.493 e. The number of anilines is 1. The van der Waals surface area contributed by atoms with E-state index in [9.17, 15) is 4.79 Å². The normalized spacial score (nSPS) is 10.3. The van der Waals surface area contributed by atoms with Gasteiger partial charge in [-0.1, -0.05) is 30.3 Å². The molecule has 0 aliphatic rings. The van der Waals surface area contributed by atoms with E-state index in [4.69, 9.17) is 18.9 Å². The molecule has 2 aromatic rings. The molecule has 2 aromatic carbocycles. The summed E-state index contributed by atoms with van der Waals surface area (Å²) in [6, 6.07) is 16.7. The van der Waals surface area contributed by atoms with Crippen LogP contribution in [0.15, 0.2) is 54.6 Å². The largest absolute Gasteiger partial charge is 0.493 e. The second-order valence-electron chi connectivity index (χ2n) is 5.08. The summed E-state index contributed by atoms with van der Waals surface area (Å²) in [5.74, 6) is 1.18. The van der Waals surface area contributed by atoms with E-state index in [1.807, 2.05) is 54.6 Å². The molecule has 0 spiro atoms. The predicted octanol–water partition coefficient (Wildman–Crippen LogP) is 2.75. The molecule has 0 fully saturated rings. The van der Waals surface area contributed by atoms with Gasteiger partial charge in [-0.05, 0) is 24.3 Å². The van der Waals surface area contributed by atoms with Gasteiger partial charge in [0.1, 0.15) is 13.2 Å². The number of rotatable bonds is 11. The summed E-state index contributed by atoms with van der Waals surface area (Å²) >= 11 is 0. The first-order valence-corrected chi connectivity index (χ1v) is 8.06. The summed E-state index contributed by atoms with van der Waals surface area (Å²) in [6.45, 7) is 1.58. The summed E-state index contributed by atoms with van der Waals surface area (Å²) in [5.41, 5.74) is 0.751. The van der Waals surface area contributed by atoms with Crippen molar-refractivity contribution in [2.24, 2.45) is 0 Å². The van der Waals surface area contributed by atoms with Crippen LogP contribution in [0.25, 0.3) is 0 Å². The van der Waals surface area contributed by atoms with Crippen molar-refractivity contribution >= 4 is 11.6 Å². The van der Waals surface area contributed by atoms with Crippen molar-refractivity contribution < 1.29 is 23.7 Å². The third kappa shape index (κ3) is 7.24. The van der Waals surface area contributed by atoms with Gasteiger partial charge in [0.2, 0.25) is 5.91 Å². The van der Waals surface area contributed by atoms with E-state index in [2.05, 4.69) is 5.32 Å². The van der Waals surface area contributed by atoms with Crippen LogP contribution in [0.2, 0.25) is 0 Å². The lowest BCUT2D eigenvalue weighted by atomic mass is 10.3. The number of carbonyl (C=O) groups excluding carboxylic acids is 1. The Morgan fingerprint density at radius 3 is 2.24 bits per heavy atom. The number of nitrogens with one attached hydrogen (secondary N) is 1. The van der Waals surface area contributed by atoms with Gasteiger partial charge in [0.25, 0.3) is 0 Å². The van der Waals surface area contributed by atoms with Crippen LogP contribution in [-0.4, -0.2) is 46.1 Å². The van der Waals surface area contributed by atoms with E-state index < -0.39 is 0 Å². The van der Waals surface area contributed by atoms with Crippen LogP contribution in [0, 0.1) is 0 Å². The van der Waals surface area contributed by atoms with Gasteiger partial charge >= 0.3 is 0 Å². The molecule has 0 atom stereocenters. The summed E-state index contributed by atoms with van der Waals surface area (Å²) in [5, 5.41) is 2.75. The van der Waals surface area contributed by atoms with Gasteiger partial charge in [0.15, 0.2) is 11.5 Å². The Kier molecular flexibility index (Phi) is 8.31. The molecule has 0 radical (unpaired) electrons. The summed E-state index contributed by atoms with van der Waals surface area (Å²) < 4.78 is 21.5. The van der Waals surface area contributed by atoms with Gasteiger partial charge in [0, 0.05) is 5.69 Å². The van der Waals surface area contributed by atoms with Gasteiger partial charge < -0.3 is 24.3 Å². The Labute approximate surface area is 147 Å². The molecule has 1 amide bonds. The highest BCUT2D eigenvalue weighted by Gasteiger charge is 2.03. The molecule has 2 rings (SSSR count). The minimum absolute atomic E-state index is 0.00400. The number of ether oxygens (including phenoxy) is 4. The number of amides is 1. The van der Waals surface area contributed by atoms with Crippen molar-refractivity contribution in [3.8, 4) is 11.5 Å². The van der Waals surface area contributed by atoms with E-state index in [1.54, 1.807) is 7.11 Å². The van der Waals surface area contributed by atoms with Crippen LogP contribution in [-0.2, 0) is 14.3 Å². The lowest BCUT2D eigenvalue weighted by Crippen LogP contribution is -2.20. The van der Waals surface area contributed by atoms with Crippen LogP contribution in [0.3, 0.4) is 0 Å². The Hall–Kier alpha value is -2.57. The van der Waals surface area contributed by atoms with Gasteiger partial charge in [0.05, 0.1) is 26.9 Å². The van der Waals surface area contributed by atoms with E-state index in [0.29, 0.717) is 37.9 Å². The molecule has 6 nitrogen and oxygen atoms in total. The second-order valence-corrected chi connectivity index (χ2v) is 5.08. The highest BCUT2D eigenvalue weighted by atomic mass is 16.6. The Balaban J connectivity index is 1.49. The van der Waals surface area contributed by atoms with Crippen LogP contribution >= 0.6 is 0 Å². The number of hydrogen-bond acceptors (Lipinski definition) is 5. The first kappa shape index (κ1) is 18.8. The quantitative estimate of drug-likeness (QED) is 0.634. The fraction of sp³-hybridized carbons (Fsp3) is 0.316. The van der Waals surface area contributed by atoms with Crippen molar-refractivity contribution in [1.82, 2.24) is 0 Å². The van der Waals surface area contributed by atoms with Gasteiger partial charge in [-0.25, -0.2) is 0 Å². The molecule has 6 heteroatoms. The van der Waals surface area contributed by atoms with Crippen LogP contribution < -0.4 is 14.8 Å². The number of benzene rings is 2. The molecule has 0 saturated heterocycles. The molecule has 0 unspecified atom stereocenters. The number of para-hydroxylation sites is 3. The van der Waals surface area contributed by atoms with E-state index >= 15 is 0 Å². The monoisotopic (exact) mass is 345 g/mol. The van der Waals surface area contributed by atoms with E-state index in [1.165, 1.54) is 0 Å². The zero-order valence-corrected chi connectivity index (χ0v) is 14.3. The molecule has 1 N–H and O–H groups in total. The van der Waals surface area contributed by atoms with E-state index in [-0.39, 0.29) is 12.5 Å². The van der Waals surface area contributed by atoms with Crippen LogP contribution in [0.5, 0.6) is 11.5 Å². The lowest BCUT2D eigenvalue weighted by Gasteiger charge is -2.10. The first-order chi connectivity index (χ1) is 12.3. The Morgan fingerprint density at radius 2 is 1.48 bits per heavy atom. The van der Waals surface area contributed by atoms with Crippen molar-refractivity contribution in [1.29, 1.82) is 0 Å². The summed E-state index contributed by atoms with van der Waals surface area (Å²) in [7, 11) is 1.60. The molecule has 25 heavy (non-hydrogen) atoms. The van der Waals surface area contributed by atoms with Crippen molar-refractivity contribution in [3.63, 3.8) is 0 Å². The second kappa shape index (κ2) is 11.1. The highest BCUT2D eigenvalue weighted by Crippen LogP contribution is 2.25. The number of carbonyl (C=O) groups is 1. The predicted molar refractivity (Wildman–Crippen MR) is 95.2 cm³/mol. The van der Waals surface area contributed by atoms with Crippen LogP contribution in [0.4, 0.5) is 5.69 Å². The maximum atomic E-state index is 11.7. The van der Waals surface area contributed by atoms with Gasteiger partial charge in [-0.2, -0.15) is 0 Å². The zero-order valence-electron chi connectivity index (χ0n) is 14.3. The van der Waals surface area contributed by atoms with Gasteiger partial charge in [-0.3, -0.25) is 4.79 Å². The lowest BCUT2D eigenvalue weighted by molar-refractivity contribution is -0.121. The molecule has 0 saturated carbocycles. The fourth-order valence-electron chi connectivity index (χ4n) is 2.05. The average molecular weight is 345 g/mol. The molecule has 0 aromatic heterocycles. The van der Waals surface area contributed by atoms with Gasteiger partial charge in [-0.15, -0.1) is 0 Å². The standard InChI is InChI=1S/C19H23NO5/c1-22-17-9-5-6-10-18(17)25-14-13-23-11-12-24-15-19(21)20-16-7-3-2-4-8-16/h2-10H,11-15H2,1H3,(H,20,21). The molecular formula is C19H23NO5. The highest BCUT2D eigenvalue weighted by molar-refractivity contribution is 5.91. The third-order valence-corrected chi connectivity index (χ3v) is 3.22. The smallest absolute Gasteiger partial charge is 0.250 e. The summed E-state index contributed by atoms with van der Waals surface area (Å²) in [6.07, 6.45) is 0. The first-order valence-electron chi connectivity index (χ1n) is 8.06. The molecule has 0 aliphatic carbocycles. The Bertz CT molecular complexity index is 633. The maximum absolute atomic E-state index is 11.7. The topological polar surface area (TPSA) is 66.0 Å². The zero-order chi connectivity index (χ0) is 17.7. The SMILES string of the molecule is COc1ccccc1OCCOCCOCC(=O)Nc1ccccc1. The maximum Gasteiger partial charge on any atom is 0.250 e. The van der Waals surface area contributed by atoms with Crippen LogP contribution in [0.1, 0.15) is 0 Å². The fourth-order valence-corrected chi connectivity index (χ4v) is 2.05. The molecule has 0 heterocycles. The Morgan fingerprint density at radius 1 is 0.840 bits per heavy atom. The minimum atomic E-state index is -0.189. The summed E-state index contributed by atoms with van der Waals surface area (Å²) in [4.78, 5) is 11.7. The third-order valence-electron chi connectivity index (χ3n) is 3.22. The molecule has 134 valence electrons. The number of hydrogen-bond donors (Lipinski definition) is 1. The van der Waals surface area contributed by atoms with E-state index in [0.717, 1.165) is 5.69 Å². The average Bonchev–Trinajstić information content (AvgIpc) is 2.65. The molecule has 0 bridgehead atoms. The van der Waals surface area contributed by atoms with Crippen molar-refractivity contribution in [2.75, 3.05) is 45.5 Å². The molecule has 0 aliphatic heterocycles. The van der Waals surface area contributed by atoms with Crippen molar-refractivity contribution in [2.45, 2.75) is 0 Å². The van der Waals surface area contributed by atoms with Crippen molar-refractivity contribution in [3.05, 3.63) is 54.6 Å². The number of methoxy groups -OCH3 is 1. The molecular weight excluding hydrogens is 322 g/mol.